The van der Waals surface area contributed by atoms with E-state index in [2.05, 4.69) is 45.3 Å². The lowest BCUT2D eigenvalue weighted by Crippen LogP contribution is -2.65. The van der Waals surface area contributed by atoms with E-state index in [-0.39, 0.29) is 5.82 Å². The van der Waals surface area contributed by atoms with E-state index in [0.717, 1.165) is 4.48 Å². The molecule has 0 spiro atoms. The Labute approximate surface area is 134 Å². The van der Waals surface area contributed by atoms with Crippen molar-refractivity contribution in [2.24, 2.45) is 0 Å². The van der Waals surface area contributed by atoms with Gasteiger partial charge in [-0.15, -0.1) is 0 Å². The van der Waals surface area contributed by atoms with Crippen molar-refractivity contribution >= 4 is 18.4 Å². The number of nitrogens with zero attached hydrogens (tertiary/aromatic N) is 1. The summed E-state index contributed by atoms with van der Waals surface area (Å²) in [6.45, 7) is 4.55. The summed E-state index contributed by atoms with van der Waals surface area (Å²) >= 11 is 0. The van der Waals surface area contributed by atoms with Gasteiger partial charge in [0.05, 0.1) is 27.2 Å². The van der Waals surface area contributed by atoms with Gasteiger partial charge in [0, 0.05) is 12.1 Å². The van der Waals surface area contributed by atoms with Gasteiger partial charge in [-0.1, -0.05) is 52.3 Å². The SMILES string of the molecule is Cc1ccc([Si]2(c3ccc(F)cc3)CC[N+](C)(C)CC2)cc1. The second-order valence-corrected chi connectivity index (χ2v) is 11.7. The van der Waals surface area contributed by atoms with E-state index in [1.165, 1.54) is 41.1 Å². The van der Waals surface area contributed by atoms with Crippen LogP contribution in [-0.2, 0) is 0 Å². The molecule has 0 saturated carbocycles. The highest BCUT2D eigenvalue weighted by Crippen LogP contribution is 2.25. The summed E-state index contributed by atoms with van der Waals surface area (Å²) in [6.07, 6.45) is 0. The average molecular weight is 315 g/mol. The first-order valence-corrected chi connectivity index (χ1v) is 10.5. The molecule has 0 radical (unpaired) electrons. The van der Waals surface area contributed by atoms with Gasteiger partial charge in [0.2, 0.25) is 0 Å². The standard InChI is InChI=1S/C19H25FNSi/c1-16-4-8-18(9-5-16)22(14-12-21(2,3)13-15-22)19-10-6-17(20)7-11-19/h4-11H,12-15H2,1-3H3/q+1. The zero-order valence-corrected chi connectivity index (χ0v) is 14.8. The third-order valence-electron chi connectivity index (χ3n) is 5.29. The van der Waals surface area contributed by atoms with E-state index in [4.69, 9.17) is 0 Å². The van der Waals surface area contributed by atoms with Crippen LogP contribution in [0.3, 0.4) is 0 Å². The number of quaternary nitrogens is 1. The quantitative estimate of drug-likeness (QED) is 0.591. The van der Waals surface area contributed by atoms with Crippen LogP contribution in [-0.4, -0.2) is 39.7 Å². The Morgan fingerprint density at radius 3 is 1.77 bits per heavy atom. The summed E-state index contributed by atoms with van der Waals surface area (Å²) < 4.78 is 14.5. The van der Waals surface area contributed by atoms with Crippen molar-refractivity contribution in [3.63, 3.8) is 0 Å². The fraction of sp³-hybridized carbons (Fsp3) is 0.368. The summed E-state index contributed by atoms with van der Waals surface area (Å²) in [5.74, 6) is -0.135. The molecule has 3 heteroatoms. The van der Waals surface area contributed by atoms with Crippen LogP contribution in [0.2, 0.25) is 12.1 Å². The highest BCUT2D eigenvalue weighted by molar-refractivity contribution is 7.02. The minimum atomic E-state index is -1.75. The summed E-state index contributed by atoms with van der Waals surface area (Å²) in [5.41, 5.74) is 1.30. The Morgan fingerprint density at radius 2 is 1.27 bits per heavy atom. The molecule has 0 aliphatic carbocycles. The molecule has 0 N–H and O–H groups in total. The molecule has 116 valence electrons. The molecule has 2 aromatic carbocycles. The van der Waals surface area contributed by atoms with Crippen molar-refractivity contribution in [1.29, 1.82) is 0 Å². The molecule has 1 aliphatic rings. The van der Waals surface area contributed by atoms with Crippen molar-refractivity contribution in [3.05, 3.63) is 59.9 Å². The van der Waals surface area contributed by atoms with E-state index in [1.807, 2.05) is 12.1 Å². The van der Waals surface area contributed by atoms with E-state index in [0.29, 0.717) is 0 Å². The second kappa shape index (κ2) is 5.63. The minimum absolute atomic E-state index is 0.135. The van der Waals surface area contributed by atoms with Crippen molar-refractivity contribution in [1.82, 2.24) is 0 Å². The summed E-state index contributed by atoms with van der Waals surface area (Å²) in [5, 5.41) is 2.89. The molecule has 1 heterocycles. The van der Waals surface area contributed by atoms with Crippen molar-refractivity contribution in [2.75, 3.05) is 27.2 Å². The zero-order chi connectivity index (χ0) is 15.8. The fourth-order valence-corrected chi connectivity index (χ4v) is 8.93. The predicted octanol–water partition coefficient (Wildman–Crippen LogP) is 2.79. The first-order chi connectivity index (χ1) is 10.4. The molecule has 0 aromatic heterocycles. The van der Waals surface area contributed by atoms with Crippen LogP contribution < -0.4 is 10.4 Å². The number of aryl methyl sites for hydroxylation is 1. The maximum Gasteiger partial charge on any atom is 0.129 e. The van der Waals surface area contributed by atoms with Crippen LogP contribution in [0.1, 0.15) is 5.56 Å². The number of halogens is 1. The van der Waals surface area contributed by atoms with Crippen LogP contribution in [0.4, 0.5) is 4.39 Å². The Kier molecular flexibility index (Phi) is 3.95. The van der Waals surface area contributed by atoms with Crippen molar-refractivity contribution in [3.8, 4) is 0 Å². The molecule has 0 bridgehead atoms. The van der Waals surface area contributed by atoms with Gasteiger partial charge < -0.3 is 4.48 Å². The molecule has 0 atom stereocenters. The van der Waals surface area contributed by atoms with Gasteiger partial charge in [0.25, 0.3) is 0 Å². The lowest BCUT2D eigenvalue weighted by Gasteiger charge is -2.44. The Morgan fingerprint density at radius 1 is 0.818 bits per heavy atom. The molecule has 1 saturated heterocycles. The molecule has 0 unspecified atom stereocenters. The molecule has 0 amide bonds. The van der Waals surface area contributed by atoms with Gasteiger partial charge in [0.1, 0.15) is 13.9 Å². The van der Waals surface area contributed by atoms with E-state index < -0.39 is 8.07 Å². The molecule has 1 fully saturated rings. The molecule has 2 aromatic rings. The summed E-state index contributed by atoms with van der Waals surface area (Å²) in [4.78, 5) is 0. The third kappa shape index (κ3) is 2.88. The van der Waals surface area contributed by atoms with E-state index >= 15 is 0 Å². The smallest absolute Gasteiger partial charge is 0.129 e. The first-order valence-electron chi connectivity index (χ1n) is 8.07. The highest BCUT2D eigenvalue weighted by atomic mass is 28.3. The molecule has 1 aliphatic heterocycles. The zero-order valence-electron chi connectivity index (χ0n) is 13.8. The largest absolute Gasteiger partial charge is 0.329 e. The maximum absolute atomic E-state index is 13.4. The molecule has 22 heavy (non-hydrogen) atoms. The van der Waals surface area contributed by atoms with Gasteiger partial charge in [-0.05, 0) is 19.1 Å². The highest BCUT2D eigenvalue weighted by Gasteiger charge is 2.43. The number of hydrogen-bond acceptors (Lipinski definition) is 0. The summed E-state index contributed by atoms with van der Waals surface area (Å²) in [6, 6.07) is 18.9. The Hall–Kier alpha value is -1.45. The number of rotatable bonds is 2. The van der Waals surface area contributed by atoms with Crippen LogP contribution in [0.25, 0.3) is 0 Å². The minimum Gasteiger partial charge on any atom is -0.329 e. The van der Waals surface area contributed by atoms with Crippen molar-refractivity contribution in [2.45, 2.75) is 19.0 Å². The second-order valence-electron chi connectivity index (χ2n) is 7.34. The van der Waals surface area contributed by atoms with Gasteiger partial charge in [-0.2, -0.15) is 0 Å². The van der Waals surface area contributed by atoms with E-state index in [9.17, 15) is 4.39 Å². The Bertz CT molecular complexity index is 589. The van der Waals surface area contributed by atoms with Crippen molar-refractivity contribution < 1.29 is 8.87 Å². The third-order valence-corrected chi connectivity index (χ3v) is 10.3. The number of hydrogen-bond donors (Lipinski definition) is 0. The topological polar surface area (TPSA) is 0 Å². The van der Waals surface area contributed by atoms with Crippen LogP contribution in [0.5, 0.6) is 0 Å². The lowest BCUT2D eigenvalue weighted by molar-refractivity contribution is -0.888. The van der Waals surface area contributed by atoms with Crippen LogP contribution >= 0.6 is 0 Å². The Balaban J connectivity index is 2.06. The first kappa shape index (κ1) is 15.4. The predicted molar refractivity (Wildman–Crippen MR) is 94.1 cm³/mol. The molecular formula is C19H25FNSi+. The monoisotopic (exact) mass is 314 g/mol. The fourth-order valence-electron chi connectivity index (χ4n) is 3.61. The molecular weight excluding hydrogens is 289 g/mol. The maximum atomic E-state index is 13.4. The number of benzene rings is 2. The van der Waals surface area contributed by atoms with Crippen LogP contribution in [0.15, 0.2) is 48.5 Å². The van der Waals surface area contributed by atoms with Gasteiger partial charge in [-0.3, -0.25) is 0 Å². The van der Waals surface area contributed by atoms with Gasteiger partial charge in [0.15, 0.2) is 0 Å². The van der Waals surface area contributed by atoms with E-state index in [1.54, 1.807) is 12.1 Å². The summed E-state index contributed by atoms with van der Waals surface area (Å²) in [7, 11) is 2.88. The van der Waals surface area contributed by atoms with Crippen LogP contribution in [0, 0.1) is 12.7 Å². The average Bonchev–Trinajstić information content (AvgIpc) is 2.50. The van der Waals surface area contributed by atoms with Gasteiger partial charge >= 0.3 is 0 Å². The molecule has 1 nitrogen and oxygen atoms in total. The molecule has 3 rings (SSSR count). The lowest BCUT2D eigenvalue weighted by atomic mass is 10.2. The van der Waals surface area contributed by atoms with Gasteiger partial charge in [-0.25, -0.2) is 4.39 Å². The normalized spacial score (nSPS) is 19.8.